The summed E-state index contributed by atoms with van der Waals surface area (Å²) in [7, 11) is 0. The van der Waals surface area contributed by atoms with Gasteiger partial charge in [-0.3, -0.25) is 0 Å². The van der Waals surface area contributed by atoms with Gasteiger partial charge in [-0.2, -0.15) is 0 Å². The summed E-state index contributed by atoms with van der Waals surface area (Å²) in [6, 6.07) is 3.86. The van der Waals surface area contributed by atoms with Gasteiger partial charge >= 0.3 is 0 Å². The number of nitrogens with one attached hydrogen (secondary N) is 1. The molecule has 2 atom stereocenters. The monoisotopic (exact) mass is 377 g/mol. The van der Waals surface area contributed by atoms with Crippen LogP contribution < -0.4 is 5.32 Å². The van der Waals surface area contributed by atoms with Crippen LogP contribution in [0.15, 0.2) is 21.1 Å². The van der Waals surface area contributed by atoms with Crippen molar-refractivity contribution in [3.63, 3.8) is 0 Å². The molecule has 2 unspecified atom stereocenters. The molecule has 1 aromatic rings. The molecule has 0 aliphatic carbocycles. The maximum absolute atomic E-state index is 9.67. The van der Waals surface area contributed by atoms with E-state index in [1.165, 1.54) is 0 Å². The number of rotatable bonds is 3. The average molecular weight is 379 g/mol. The van der Waals surface area contributed by atoms with Crippen molar-refractivity contribution < 1.29 is 9.84 Å². The van der Waals surface area contributed by atoms with Gasteiger partial charge in [0.15, 0.2) is 0 Å². The smallest absolute Gasteiger partial charge is 0.143 e. The molecule has 1 aromatic carbocycles. The number of aromatic hydroxyl groups is 1. The third-order valence-corrected chi connectivity index (χ3v) is 4.87. The van der Waals surface area contributed by atoms with Crippen LogP contribution in [0.25, 0.3) is 0 Å². The standard InChI is InChI=1S/C13H17Br2NO2/c1-8-13(2,3-4-18-8)16-7-9-5-10(14)12(17)11(15)6-9/h5-6,8,16-17H,3-4,7H2,1-2H3. The number of hydrogen-bond acceptors (Lipinski definition) is 3. The number of hydrogen-bond donors (Lipinski definition) is 2. The minimum Gasteiger partial charge on any atom is -0.506 e. The minimum absolute atomic E-state index is 0.0246. The highest BCUT2D eigenvalue weighted by Gasteiger charge is 2.36. The number of halogens is 2. The molecule has 0 aromatic heterocycles. The van der Waals surface area contributed by atoms with Crippen molar-refractivity contribution in [1.82, 2.24) is 5.32 Å². The third kappa shape index (κ3) is 2.90. The van der Waals surface area contributed by atoms with Crippen LogP contribution in [-0.4, -0.2) is 23.4 Å². The molecule has 1 aliphatic rings. The van der Waals surface area contributed by atoms with Crippen LogP contribution in [0.4, 0.5) is 0 Å². The Morgan fingerprint density at radius 3 is 2.56 bits per heavy atom. The molecule has 3 nitrogen and oxygen atoms in total. The predicted octanol–water partition coefficient (Wildman–Crippen LogP) is 3.57. The van der Waals surface area contributed by atoms with Crippen molar-refractivity contribution in [2.75, 3.05) is 6.61 Å². The first-order valence-electron chi connectivity index (χ1n) is 5.96. The van der Waals surface area contributed by atoms with E-state index in [9.17, 15) is 5.11 Å². The summed E-state index contributed by atoms with van der Waals surface area (Å²) in [5.41, 5.74) is 1.14. The average Bonchev–Trinajstić information content (AvgIpc) is 2.64. The Morgan fingerprint density at radius 2 is 2.06 bits per heavy atom. The van der Waals surface area contributed by atoms with Gasteiger partial charge in [0.2, 0.25) is 0 Å². The highest BCUT2D eigenvalue weighted by atomic mass is 79.9. The highest BCUT2D eigenvalue weighted by Crippen LogP contribution is 2.33. The molecule has 2 N–H and O–H groups in total. The maximum Gasteiger partial charge on any atom is 0.143 e. The molecular weight excluding hydrogens is 362 g/mol. The van der Waals surface area contributed by atoms with Gasteiger partial charge in [0.1, 0.15) is 5.75 Å². The lowest BCUT2D eigenvalue weighted by Gasteiger charge is -2.29. The van der Waals surface area contributed by atoms with Crippen LogP contribution in [0.5, 0.6) is 5.75 Å². The van der Waals surface area contributed by atoms with Crippen molar-refractivity contribution in [3.8, 4) is 5.75 Å². The predicted molar refractivity (Wildman–Crippen MR) is 78.8 cm³/mol. The molecular formula is C13H17Br2NO2. The van der Waals surface area contributed by atoms with Gasteiger partial charge in [-0.15, -0.1) is 0 Å². The molecule has 5 heteroatoms. The minimum atomic E-state index is 0.0246. The van der Waals surface area contributed by atoms with Crippen LogP contribution >= 0.6 is 31.9 Å². The number of phenolic OH excluding ortho intramolecular Hbond substituents is 1. The van der Waals surface area contributed by atoms with E-state index in [0.717, 1.165) is 25.1 Å². The zero-order chi connectivity index (χ0) is 13.3. The molecule has 0 bridgehead atoms. The summed E-state index contributed by atoms with van der Waals surface area (Å²) < 4.78 is 7.01. The SMILES string of the molecule is CC1OCCC1(C)NCc1cc(Br)c(O)c(Br)c1. The van der Waals surface area contributed by atoms with Gasteiger partial charge in [-0.05, 0) is 69.8 Å². The van der Waals surface area contributed by atoms with Crippen LogP contribution in [-0.2, 0) is 11.3 Å². The van der Waals surface area contributed by atoms with E-state index in [2.05, 4.69) is 51.0 Å². The zero-order valence-electron chi connectivity index (χ0n) is 10.5. The van der Waals surface area contributed by atoms with E-state index in [1.54, 1.807) is 0 Å². The summed E-state index contributed by atoms with van der Waals surface area (Å²) >= 11 is 6.69. The lowest BCUT2D eigenvalue weighted by Crippen LogP contribution is -2.47. The Kier molecular flexibility index (Phi) is 4.36. The second-order valence-corrected chi connectivity index (χ2v) is 6.65. The summed E-state index contributed by atoms with van der Waals surface area (Å²) in [5.74, 6) is 0.238. The normalized spacial score (nSPS) is 27.7. The Balaban J connectivity index is 2.07. The van der Waals surface area contributed by atoms with E-state index in [-0.39, 0.29) is 17.4 Å². The second-order valence-electron chi connectivity index (χ2n) is 4.94. The lowest BCUT2D eigenvalue weighted by molar-refractivity contribution is 0.0881. The van der Waals surface area contributed by atoms with Crippen LogP contribution in [0.1, 0.15) is 25.8 Å². The molecule has 1 heterocycles. The van der Waals surface area contributed by atoms with E-state index in [1.807, 2.05) is 12.1 Å². The van der Waals surface area contributed by atoms with Gasteiger partial charge < -0.3 is 15.2 Å². The summed E-state index contributed by atoms with van der Waals surface area (Å²) in [6.45, 7) is 5.85. The van der Waals surface area contributed by atoms with Crippen LogP contribution in [0, 0.1) is 0 Å². The first-order chi connectivity index (χ1) is 8.42. The quantitative estimate of drug-likeness (QED) is 0.844. The molecule has 0 radical (unpaired) electrons. The number of benzene rings is 1. The molecule has 0 saturated carbocycles. The topological polar surface area (TPSA) is 41.5 Å². The molecule has 1 fully saturated rings. The zero-order valence-corrected chi connectivity index (χ0v) is 13.6. The largest absolute Gasteiger partial charge is 0.506 e. The van der Waals surface area contributed by atoms with Crippen molar-refractivity contribution in [2.24, 2.45) is 0 Å². The molecule has 1 aliphatic heterocycles. The number of phenols is 1. The highest BCUT2D eigenvalue weighted by molar-refractivity contribution is 9.11. The van der Waals surface area contributed by atoms with Gasteiger partial charge in [-0.1, -0.05) is 0 Å². The Labute approximate surface area is 124 Å². The van der Waals surface area contributed by atoms with Crippen molar-refractivity contribution in [1.29, 1.82) is 0 Å². The number of ether oxygens (including phenoxy) is 1. The third-order valence-electron chi connectivity index (χ3n) is 3.66. The first kappa shape index (κ1) is 14.3. The van der Waals surface area contributed by atoms with E-state index in [4.69, 9.17) is 4.74 Å². The lowest BCUT2D eigenvalue weighted by atomic mass is 9.94. The van der Waals surface area contributed by atoms with Crippen LogP contribution in [0.2, 0.25) is 0 Å². The van der Waals surface area contributed by atoms with Crippen molar-refractivity contribution in [2.45, 2.75) is 38.5 Å². The molecule has 1 saturated heterocycles. The van der Waals surface area contributed by atoms with E-state index >= 15 is 0 Å². The molecule has 0 amide bonds. The van der Waals surface area contributed by atoms with Crippen LogP contribution in [0.3, 0.4) is 0 Å². The fraction of sp³-hybridized carbons (Fsp3) is 0.538. The summed E-state index contributed by atoms with van der Waals surface area (Å²) in [4.78, 5) is 0. The van der Waals surface area contributed by atoms with Crippen molar-refractivity contribution in [3.05, 3.63) is 26.6 Å². The van der Waals surface area contributed by atoms with E-state index < -0.39 is 0 Å². The Hall–Kier alpha value is -0.100. The van der Waals surface area contributed by atoms with E-state index in [0.29, 0.717) is 8.95 Å². The van der Waals surface area contributed by atoms with Gasteiger partial charge in [0.25, 0.3) is 0 Å². The molecule has 18 heavy (non-hydrogen) atoms. The maximum atomic E-state index is 9.67. The molecule has 0 spiro atoms. The van der Waals surface area contributed by atoms with Crippen molar-refractivity contribution >= 4 is 31.9 Å². The fourth-order valence-corrected chi connectivity index (χ4v) is 3.37. The Bertz CT molecular complexity index is 430. The first-order valence-corrected chi connectivity index (χ1v) is 7.54. The second kappa shape index (κ2) is 5.49. The van der Waals surface area contributed by atoms with Gasteiger partial charge in [-0.25, -0.2) is 0 Å². The molecule has 2 rings (SSSR count). The Morgan fingerprint density at radius 1 is 1.44 bits per heavy atom. The summed E-state index contributed by atoms with van der Waals surface area (Å²) in [6.07, 6.45) is 1.25. The van der Waals surface area contributed by atoms with Gasteiger partial charge in [0, 0.05) is 18.7 Å². The summed E-state index contributed by atoms with van der Waals surface area (Å²) in [5, 5.41) is 13.2. The van der Waals surface area contributed by atoms with Gasteiger partial charge in [0.05, 0.1) is 15.0 Å². The molecule has 100 valence electrons. The fourth-order valence-electron chi connectivity index (χ4n) is 2.09.